The van der Waals surface area contributed by atoms with E-state index in [4.69, 9.17) is 0 Å². The van der Waals surface area contributed by atoms with Gasteiger partial charge < -0.3 is 0 Å². The van der Waals surface area contributed by atoms with Crippen LogP contribution in [0.5, 0.6) is 0 Å². The highest BCUT2D eigenvalue weighted by Gasteiger charge is 2.45. The molecule has 0 bridgehead atoms. The SMILES string of the molecule is CC(=O)c1ccc(S(=O)(=O)NCC2(C(C)C)CC2)cc1. The molecule has 1 fully saturated rings. The maximum atomic E-state index is 12.2. The molecule has 1 saturated carbocycles. The first-order valence-electron chi connectivity index (χ1n) is 6.87. The van der Waals surface area contributed by atoms with Crippen LogP contribution in [0.2, 0.25) is 0 Å². The van der Waals surface area contributed by atoms with Crippen LogP contribution in [0.15, 0.2) is 29.2 Å². The quantitative estimate of drug-likeness (QED) is 0.821. The van der Waals surface area contributed by atoms with Crippen LogP contribution in [0.4, 0.5) is 0 Å². The summed E-state index contributed by atoms with van der Waals surface area (Å²) in [6, 6.07) is 6.06. The largest absolute Gasteiger partial charge is 0.295 e. The van der Waals surface area contributed by atoms with Crippen LogP contribution in [0.3, 0.4) is 0 Å². The molecule has 0 atom stereocenters. The molecule has 5 heteroatoms. The summed E-state index contributed by atoms with van der Waals surface area (Å²) < 4.78 is 27.1. The summed E-state index contributed by atoms with van der Waals surface area (Å²) in [5.41, 5.74) is 0.650. The predicted molar refractivity (Wildman–Crippen MR) is 78.1 cm³/mol. The molecule has 0 radical (unpaired) electrons. The van der Waals surface area contributed by atoms with E-state index in [0.717, 1.165) is 12.8 Å². The average molecular weight is 295 g/mol. The maximum Gasteiger partial charge on any atom is 0.240 e. The first kappa shape index (κ1) is 15.2. The van der Waals surface area contributed by atoms with Crippen molar-refractivity contribution < 1.29 is 13.2 Å². The molecule has 110 valence electrons. The summed E-state index contributed by atoms with van der Waals surface area (Å²) in [7, 11) is -3.49. The van der Waals surface area contributed by atoms with Crippen LogP contribution >= 0.6 is 0 Å². The van der Waals surface area contributed by atoms with E-state index < -0.39 is 10.0 Å². The molecule has 0 aliphatic heterocycles. The van der Waals surface area contributed by atoms with Gasteiger partial charge in [-0.25, -0.2) is 13.1 Å². The molecule has 1 N–H and O–H groups in total. The lowest BCUT2D eigenvalue weighted by Gasteiger charge is -2.20. The van der Waals surface area contributed by atoms with Crippen molar-refractivity contribution in [2.45, 2.75) is 38.5 Å². The van der Waals surface area contributed by atoms with E-state index in [9.17, 15) is 13.2 Å². The molecule has 0 saturated heterocycles. The minimum atomic E-state index is -3.49. The van der Waals surface area contributed by atoms with E-state index in [1.165, 1.54) is 19.1 Å². The Kier molecular flexibility index (Phi) is 4.02. The number of nitrogens with one attached hydrogen (secondary N) is 1. The zero-order chi connectivity index (χ0) is 15.0. The van der Waals surface area contributed by atoms with Crippen molar-refractivity contribution in [3.05, 3.63) is 29.8 Å². The molecule has 1 aliphatic rings. The van der Waals surface area contributed by atoms with Gasteiger partial charge in [-0.15, -0.1) is 0 Å². The van der Waals surface area contributed by atoms with Crippen LogP contribution in [0.25, 0.3) is 0 Å². The van der Waals surface area contributed by atoms with Crippen LogP contribution in [-0.4, -0.2) is 20.7 Å². The summed E-state index contributed by atoms with van der Waals surface area (Å²) in [5.74, 6) is 0.406. The van der Waals surface area contributed by atoms with E-state index in [2.05, 4.69) is 18.6 Å². The molecule has 1 aromatic carbocycles. The highest BCUT2D eigenvalue weighted by molar-refractivity contribution is 7.89. The summed E-state index contributed by atoms with van der Waals surface area (Å²) in [6.07, 6.45) is 2.16. The standard InChI is InChI=1S/C15H21NO3S/c1-11(2)15(8-9-15)10-16-20(18,19)14-6-4-13(5-7-14)12(3)17/h4-7,11,16H,8-10H2,1-3H3. The average Bonchev–Trinajstić information content (AvgIpc) is 3.18. The zero-order valence-corrected chi connectivity index (χ0v) is 13.0. The van der Waals surface area contributed by atoms with Gasteiger partial charge in [0, 0.05) is 12.1 Å². The number of hydrogen-bond donors (Lipinski definition) is 1. The molecule has 1 aromatic rings. The molecule has 1 aliphatic carbocycles. The molecule has 0 aromatic heterocycles. The van der Waals surface area contributed by atoms with Gasteiger partial charge in [0.15, 0.2) is 5.78 Å². The van der Waals surface area contributed by atoms with Crippen LogP contribution in [0, 0.1) is 11.3 Å². The lowest BCUT2D eigenvalue weighted by molar-refractivity contribution is 0.101. The maximum absolute atomic E-state index is 12.2. The van der Waals surface area contributed by atoms with Crippen LogP contribution in [-0.2, 0) is 10.0 Å². The van der Waals surface area contributed by atoms with Gasteiger partial charge in [0.1, 0.15) is 0 Å². The van der Waals surface area contributed by atoms with Crippen molar-refractivity contribution in [2.75, 3.05) is 6.54 Å². The summed E-state index contributed by atoms with van der Waals surface area (Å²) in [5, 5.41) is 0. The third kappa shape index (κ3) is 3.10. The molecular weight excluding hydrogens is 274 g/mol. The van der Waals surface area contributed by atoms with Crippen molar-refractivity contribution in [2.24, 2.45) is 11.3 Å². The summed E-state index contributed by atoms with van der Waals surface area (Å²) in [6.45, 7) is 6.20. The van der Waals surface area contributed by atoms with Gasteiger partial charge in [-0.05, 0) is 43.2 Å². The third-order valence-electron chi connectivity index (χ3n) is 4.30. The number of rotatable bonds is 6. The Bertz CT molecular complexity index is 599. The van der Waals surface area contributed by atoms with Gasteiger partial charge in [-0.3, -0.25) is 4.79 Å². The lowest BCUT2D eigenvalue weighted by atomic mass is 9.93. The van der Waals surface area contributed by atoms with Crippen molar-refractivity contribution in [3.63, 3.8) is 0 Å². The second-order valence-electron chi connectivity index (χ2n) is 5.92. The van der Waals surface area contributed by atoms with E-state index in [-0.39, 0.29) is 16.1 Å². The fourth-order valence-electron chi connectivity index (χ4n) is 2.31. The molecule has 4 nitrogen and oxygen atoms in total. The van der Waals surface area contributed by atoms with Crippen molar-refractivity contribution in [3.8, 4) is 0 Å². The monoisotopic (exact) mass is 295 g/mol. The highest BCUT2D eigenvalue weighted by atomic mass is 32.2. The normalized spacial score (nSPS) is 17.2. The van der Waals surface area contributed by atoms with Crippen molar-refractivity contribution >= 4 is 15.8 Å². The number of ketones is 1. The minimum absolute atomic E-state index is 0.0707. The number of carbonyl (C=O) groups excluding carboxylic acids is 1. The number of benzene rings is 1. The molecule has 0 spiro atoms. The minimum Gasteiger partial charge on any atom is -0.295 e. The second kappa shape index (κ2) is 5.30. The van der Waals surface area contributed by atoms with E-state index >= 15 is 0 Å². The van der Waals surface area contributed by atoms with E-state index in [1.54, 1.807) is 12.1 Å². The number of carbonyl (C=O) groups is 1. The van der Waals surface area contributed by atoms with Crippen LogP contribution < -0.4 is 4.72 Å². The second-order valence-corrected chi connectivity index (χ2v) is 7.69. The predicted octanol–water partition coefficient (Wildman–Crippen LogP) is 2.60. The third-order valence-corrected chi connectivity index (χ3v) is 5.72. The summed E-state index contributed by atoms with van der Waals surface area (Å²) in [4.78, 5) is 11.4. The number of sulfonamides is 1. The van der Waals surface area contributed by atoms with Crippen molar-refractivity contribution in [1.29, 1.82) is 0 Å². The smallest absolute Gasteiger partial charge is 0.240 e. The van der Waals surface area contributed by atoms with Gasteiger partial charge in [0.2, 0.25) is 10.0 Å². The Balaban J connectivity index is 2.09. The fraction of sp³-hybridized carbons (Fsp3) is 0.533. The lowest BCUT2D eigenvalue weighted by Crippen LogP contribution is -2.32. The molecule has 0 unspecified atom stereocenters. The molecule has 0 heterocycles. The van der Waals surface area contributed by atoms with Gasteiger partial charge in [-0.1, -0.05) is 26.0 Å². The Morgan fingerprint density at radius 2 is 1.80 bits per heavy atom. The van der Waals surface area contributed by atoms with Gasteiger partial charge in [0.05, 0.1) is 4.90 Å². The highest BCUT2D eigenvalue weighted by Crippen LogP contribution is 2.51. The number of Topliss-reactive ketones (excluding diaryl/α,β-unsaturated/α-hetero) is 1. The number of hydrogen-bond acceptors (Lipinski definition) is 3. The Morgan fingerprint density at radius 1 is 1.25 bits per heavy atom. The van der Waals surface area contributed by atoms with Crippen molar-refractivity contribution in [1.82, 2.24) is 4.72 Å². The zero-order valence-electron chi connectivity index (χ0n) is 12.1. The topological polar surface area (TPSA) is 63.2 Å². The Hall–Kier alpha value is -1.20. The van der Waals surface area contributed by atoms with Gasteiger partial charge in [-0.2, -0.15) is 0 Å². The Morgan fingerprint density at radius 3 is 2.20 bits per heavy atom. The fourth-order valence-corrected chi connectivity index (χ4v) is 3.45. The first-order chi connectivity index (χ1) is 9.27. The first-order valence-corrected chi connectivity index (χ1v) is 8.36. The van der Waals surface area contributed by atoms with Crippen LogP contribution in [0.1, 0.15) is 44.0 Å². The van der Waals surface area contributed by atoms with E-state index in [0.29, 0.717) is 18.0 Å². The molecule has 20 heavy (non-hydrogen) atoms. The summed E-state index contributed by atoms with van der Waals surface area (Å²) >= 11 is 0. The molecular formula is C15H21NO3S. The van der Waals surface area contributed by atoms with Gasteiger partial charge in [0.25, 0.3) is 0 Å². The Labute approximate surface area is 120 Å². The van der Waals surface area contributed by atoms with Gasteiger partial charge >= 0.3 is 0 Å². The molecule has 2 rings (SSSR count). The molecule has 0 amide bonds. The van der Waals surface area contributed by atoms with E-state index in [1.807, 2.05) is 0 Å².